The van der Waals surface area contributed by atoms with Gasteiger partial charge in [-0.15, -0.1) is 0 Å². The van der Waals surface area contributed by atoms with Crippen LogP contribution >= 0.6 is 0 Å². The van der Waals surface area contributed by atoms with E-state index < -0.39 is 0 Å². The van der Waals surface area contributed by atoms with Gasteiger partial charge in [0.2, 0.25) is 11.9 Å². The third kappa shape index (κ3) is 3.69. The van der Waals surface area contributed by atoms with Gasteiger partial charge in [-0.3, -0.25) is 0 Å². The van der Waals surface area contributed by atoms with Crippen molar-refractivity contribution in [3.05, 3.63) is 5.82 Å². The van der Waals surface area contributed by atoms with Crippen LogP contribution in [0.15, 0.2) is 0 Å². The Hall–Kier alpha value is -1.39. The predicted octanol–water partition coefficient (Wildman–Crippen LogP) is 1.82. The molecule has 0 aliphatic heterocycles. The molecule has 1 atom stereocenters. The Morgan fingerprint density at radius 3 is 2.40 bits per heavy atom. The Labute approximate surface area is 90.7 Å². The van der Waals surface area contributed by atoms with E-state index in [0.29, 0.717) is 17.9 Å². The first kappa shape index (κ1) is 11.7. The standard InChI is InChI=1S/C10H19N5/c1-5-7(3)12-10-14-8(4)13-9(15-10)11-6-2/h7H,5-6H2,1-4H3,(H2,11,12,13,14,15). The first-order chi connectivity index (χ1) is 7.15. The van der Waals surface area contributed by atoms with Gasteiger partial charge in [0, 0.05) is 12.6 Å². The lowest BCUT2D eigenvalue weighted by molar-refractivity contribution is 0.748. The lowest BCUT2D eigenvalue weighted by Crippen LogP contribution is -2.17. The lowest BCUT2D eigenvalue weighted by Gasteiger charge is -2.12. The zero-order valence-electron chi connectivity index (χ0n) is 9.83. The summed E-state index contributed by atoms with van der Waals surface area (Å²) >= 11 is 0. The topological polar surface area (TPSA) is 62.7 Å². The van der Waals surface area contributed by atoms with Crippen molar-refractivity contribution in [3.63, 3.8) is 0 Å². The molecule has 0 fully saturated rings. The van der Waals surface area contributed by atoms with Crippen molar-refractivity contribution in [2.45, 2.75) is 40.2 Å². The summed E-state index contributed by atoms with van der Waals surface area (Å²) in [6.07, 6.45) is 1.04. The molecule has 0 amide bonds. The smallest absolute Gasteiger partial charge is 0.227 e. The van der Waals surface area contributed by atoms with Crippen LogP contribution in [-0.4, -0.2) is 27.5 Å². The summed E-state index contributed by atoms with van der Waals surface area (Å²) in [5, 5.41) is 6.31. The number of rotatable bonds is 5. The van der Waals surface area contributed by atoms with Gasteiger partial charge < -0.3 is 10.6 Å². The Kier molecular flexibility index (Phi) is 4.27. The maximum Gasteiger partial charge on any atom is 0.227 e. The number of anilines is 2. The van der Waals surface area contributed by atoms with Crippen LogP contribution in [0.4, 0.5) is 11.9 Å². The molecule has 0 saturated carbocycles. The zero-order chi connectivity index (χ0) is 11.3. The molecule has 1 aromatic heterocycles. The van der Waals surface area contributed by atoms with Gasteiger partial charge >= 0.3 is 0 Å². The third-order valence-corrected chi connectivity index (χ3v) is 2.07. The van der Waals surface area contributed by atoms with Crippen LogP contribution in [0.2, 0.25) is 0 Å². The van der Waals surface area contributed by atoms with E-state index in [1.807, 2.05) is 13.8 Å². The van der Waals surface area contributed by atoms with Crippen LogP contribution in [0.25, 0.3) is 0 Å². The predicted molar refractivity (Wildman–Crippen MR) is 62.1 cm³/mol. The van der Waals surface area contributed by atoms with Crippen LogP contribution in [0.5, 0.6) is 0 Å². The molecule has 15 heavy (non-hydrogen) atoms. The van der Waals surface area contributed by atoms with E-state index in [4.69, 9.17) is 0 Å². The average Bonchev–Trinajstić information content (AvgIpc) is 2.17. The minimum absolute atomic E-state index is 0.376. The number of hydrogen-bond donors (Lipinski definition) is 2. The molecule has 0 aromatic carbocycles. The van der Waals surface area contributed by atoms with Crippen molar-refractivity contribution in [1.82, 2.24) is 15.0 Å². The second-order valence-electron chi connectivity index (χ2n) is 3.51. The van der Waals surface area contributed by atoms with Crippen molar-refractivity contribution in [2.75, 3.05) is 17.2 Å². The third-order valence-electron chi connectivity index (χ3n) is 2.07. The summed E-state index contributed by atoms with van der Waals surface area (Å²) in [7, 11) is 0. The quantitative estimate of drug-likeness (QED) is 0.774. The van der Waals surface area contributed by atoms with E-state index in [0.717, 1.165) is 18.8 Å². The highest BCUT2D eigenvalue weighted by Gasteiger charge is 2.05. The van der Waals surface area contributed by atoms with Crippen LogP contribution in [-0.2, 0) is 0 Å². The fraction of sp³-hybridized carbons (Fsp3) is 0.700. The Morgan fingerprint density at radius 1 is 1.13 bits per heavy atom. The van der Waals surface area contributed by atoms with Gasteiger partial charge in [-0.2, -0.15) is 15.0 Å². The van der Waals surface area contributed by atoms with Crippen molar-refractivity contribution < 1.29 is 0 Å². The van der Waals surface area contributed by atoms with Gasteiger partial charge in [-0.05, 0) is 27.2 Å². The van der Waals surface area contributed by atoms with Gasteiger partial charge in [-0.25, -0.2) is 0 Å². The molecule has 1 rings (SSSR count). The van der Waals surface area contributed by atoms with E-state index >= 15 is 0 Å². The Balaban J connectivity index is 2.78. The van der Waals surface area contributed by atoms with Gasteiger partial charge in [0.1, 0.15) is 5.82 Å². The molecule has 0 aliphatic carbocycles. The first-order valence-electron chi connectivity index (χ1n) is 5.38. The molecule has 5 nitrogen and oxygen atoms in total. The number of nitrogens with one attached hydrogen (secondary N) is 2. The molecule has 0 saturated heterocycles. The fourth-order valence-corrected chi connectivity index (χ4v) is 1.11. The van der Waals surface area contributed by atoms with Crippen molar-refractivity contribution >= 4 is 11.9 Å². The van der Waals surface area contributed by atoms with E-state index in [9.17, 15) is 0 Å². The van der Waals surface area contributed by atoms with Crippen LogP contribution < -0.4 is 10.6 Å². The molecule has 84 valence electrons. The summed E-state index contributed by atoms with van der Waals surface area (Å²) in [4.78, 5) is 12.7. The minimum atomic E-state index is 0.376. The van der Waals surface area contributed by atoms with Gasteiger partial charge in [-0.1, -0.05) is 6.92 Å². The summed E-state index contributed by atoms with van der Waals surface area (Å²) in [6.45, 7) is 8.92. The van der Waals surface area contributed by atoms with E-state index in [1.165, 1.54) is 0 Å². The molecular weight excluding hydrogens is 190 g/mol. The van der Waals surface area contributed by atoms with Crippen molar-refractivity contribution in [1.29, 1.82) is 0 Å². The Bertz CT molecular complexity index is 313. The average molecular weight is 209 g/mol. The normalized spacial score (nSPS) is 12.3. The number of nitrogens with zero attached hydrogens (tertiary/aromatic N) is 3. The number of aryl methyl sites for hydroxylation is 1. The fourth-order valence-electron chi connectivity index (χ4n) is 1.11. The maximum atomic E-state index is 4.27. The molecule has 1 unspecified atom stereocenters. The maximum absolute atomic E-state index is 4.27. The summed E-state index contributed by atoms with van der Waals surface area (Å²) in [5.74, 6) is 2.01. The van der Waals surface area contributed by atoms with E-state index in [1.54, 1.807) is 0 Å². The van der Waals surface area contributed by atoms with Crippen LogP contribution in [0.1, 0.15) is 33.0 Å². The molecule has 2 N–H and O–H groups in total. The molecule has 5 heteroatoms. The minimum Gasteiger partial charge on any atom is -0.354 e. The number of aromatic nitrogens is 3. The van der Waals surface area contributed by atoms with Crippen LogP contribution in [0, 0.1) is 6.92 Å². The Morgan fingerprint density at radius 2 is 1.80 bits per heavy atom. The van der Waals surface area contributed by atoms with Crippen molar-refractivity contribution in [2.24, 2.45) is 0 Å². The summed E-state index contributed by atoms with van der Waals surface area (Å²) in [5.41, 5.74) is 0. The SMILES string of the molecule is CCNc1nc(C)nc(NC(C)CC)n1. The highest BCUT2D eigenvalue weighted by Crippen LogP contribution is 2.07. The second kappa shape index (κ2) is 5.48. The van der Waals surface area contributed by atoms with Crippen LogP contribution in [0.3, 0.4) is 0 Å². The van der Waals surface area contributed by atoms with E-state index in [2.05, 4.69) is 39.4 Å². The lowest BCUT2D eigenvalue weighted by atomic mass is 10.3. The van der Waals surface area contributed by atoms with Gasteiger partial charge in [0.25, 0.3) is 0 Å². The monoisotopic (exact) mass is 209 g/mol. The molecular formula is C10H19N5. The zero-order valence-corrected chi connectivity index (χ0v) is 9.83. The first-order valence-corrected chi connectivity index (χ1v) is 5.38. The van der Waals surface area contributed by atoms with E-state index in [-0.39, 0.29) is 0 Å². The summed E-state index contributed by atoms with van der Waals surface area (Å²) < 4.78 is 0. The molecule has 1 aromatic rings. The highest BCUT2D eigenvalue weighted by atomic mass is 15.2. The van der Waals surface area contributed by atoms with Crippen molar-refractivity contribution in [3.8, 4) is 0 Å². The molecule has 0 radical (unpaired) electrons. The second-order valence-corrected chi connectivity index (χ2v) is 3.51. The highest BCUT2D eigenvalue weighted by molar-refractivity contribution is 5.34. The van der Waals surface area contributed by atoms with Gasteiger partial charge in [0.05, 0.1) is 0 Å². The molecule has 1 heterocycles. The molecule has 0 aliphatic rings. The number of hydrogen-bond acceptors (Lipinski definition) is 5. The summed E-state index contributed by atoms with van der Waals surface area (Å²) in [6, 6.07) is 0.376. The van der Waals surface area contributed by atoms with Gasteiger partial charge in [0.15, 0.2) is 0 Å². The molecule has 0 spiro atoms. The largest absolute Gasteiger partial charge is 0.354 e. The molecule has 0 bridgehead atoms.